The minimum absolute atomic E-state index is 0.0838. The zero-order chi connectivity index (χ0) is 25.2. The van der Waals surface area contributed by atoms with Crippen molar-refractivity contribution in [1.29, 1.82) is 0 Å². The van der Waals surface area contributed by atoms with Gasteiger partial charge in [-0.3, -0.25) is 9.59 Å². The number of anilines is 2. The first-order valence-electron chi connectivity index (χ1n) is 11.5. The minimum Gasteiger partial charge on any atom is -0.494 e. The van der Waals surface area contributed by atoms with Gasteiger partial charge in [-0.15, -0.1) is 11.8 Å². The molecular weight excluding hydrogens is 503 g/mol. The van der Waals surface area contributed by atoms with Crippen molar-refractivity contribution in [2.75, 3.05) is 17.2 Å². The maximum absolute atomic E-state index is 12.9. The number of hydrogen-bond donors (Lipinski definition) is 2. The lowest BCUT2D eigenvalue weighted by molar-refractivity contribution is -0.115. The summed E-state index contributed by atoms with van der Waals surface area (Å²) in [5.74, 6) is 0.372. The molecule has 2 N–H and O–H groups in total. The van der Waals surface area contributed by atoms with Gasteiger partial charge < -0.3 is 15.4 Å². The van der Waals surface area contributed by atoms with Gasteiger partial charge in [-0.1, -0.05) is 49.5 Å². The number of thioether (sulfide) groups is 1. The van der Waals surface area contributed by atoms with Crippen LogP contribution in [0.2, 0.25) is 10.0 Å². The average molecular weight is 532 g/mol. The van der Waals surface area contributed by atoms with Crippen molar-refractivity contribution < 1.29 is 14.3 Å². The monoisotopic (exact) mass is 530 g/mol. The maximum atomic E-state index is 12.9. The molecule has 0 aromatic heterocycles. The molecule has 35 heavy (non-hydrogen) atoms. The van der Waals surface area contributed by atoms with Crippen LogP contribution in [0.1, 0.15) is 43.5 Å². The topological polar surface area (TPSA) is 67.4 Å². The summed E-state index contributed by atoms with van der Waals surface area (Å²) in [4.78, 5) is 26.4. The highest BCUT2D eigenvalue weighted by atomic mass is 35.5. The average Bonchev–Trinajstić information content (AvgIpc) is 2.84. The second kappa shape index (κ2) is 13.4. The van der Waals surface area contributed by atoms with Crippen molar-refractivity contribution >= 4 is 58.2 Å². The first kappa shape index (κ1) is 26.9. The van der Waals surface area contributed by atoms with Crippen molar-refractivity contribution in [1.82, 2.24) is 0 Å². The van der Waals surface area contributed by atoms with Gasteiger partial charge in [-0.25, -0.2) is 0 Å². The molecule has 3 aromatic carbocycles. The van der Waals surface area contributed by atoms with Crippen LogP contribution in [-0.4, -0.2) is 23.7 Å². The summed E-state index contributed by atoms with van der Waals surface area (Å²) in [6.07, 6.45) is 2.73. The summed E-state index contributed by atoms with van der Waals surface area (Å²) in [5, 5.41) is 6.27. The fraction of sp³-hybridized carbons (Fsp3) is 0.259. The van der Waals surface area contributed by atoms with Gasteiger partial charge in [0.25, 0.3) is 5.91 Å². The van der Waals surface area contributed by atoms with Crippen LogP contribution in [-0.2, 0) is 4.79 Å². The van der Waals surface area contributed by atoms with Gasteiger partial charge in [0, 0.05) is 21.3 Å². The number of hydrogen-bond acceptors (Lipinski definition) is 4. The predicted molar refractivity (Wildman–Crippen MR) is 146 cm³/mol. The molecule has 3 rings (SSSR count). The Hall–Kier alpha value is -2.67. The Labute approximate surface area is 220 Å². The van der Waals surface area contributed by atoms with E-state index in [1.807, 2.05) is 49.4 Å². The summed E-state index contributed by atoms with van der Waals surface area (Å²) in [6.45, 7) is 4.77. The smallest absolute Gasteiger partial charge is 0.257 e. The van der Waals surface area contributed by atoms with Gasteiger partial charge in [-0.05, 0) is 73.5 Å². The number of carbonyl (C=O) groups is 2. The Morgan fingerprint density at radius 2 is 1.71 bits per heavy atom. The second-order valence-corrected chi connectivity index (χ2v) is 9.96. The summed E-state index contributed by atoms with van der Waals surface area (Å²) in [6, 6.07) is 19.5. The molecule has 1 unspecified atom stereocenters. The lowest BCUT2D eigenvalue weighted by Crippen LogP contribution is -2.24. The SMILES string of the molecule is CCCCOc1ccc(NC(=O)C(CC)Sc2cccc(NC(=O)c3ccc(Cl)cc3Cl)c2)cc1. The van der Waals surface area contributed by atoms with E-state index in [1.165, 1.54) is 17.8 Å². The van der Waals surface area contributed by atoms with Crippen LogP contribution >= 0.6 is 35.0 Å². The first-order chi connectivity index (χ1) is 16.9. The summed E-state index contributed by atoms with van der Waals surface area (Å²) >= 11 is 13.5. The minimum atomic E-state index is -0.333. The highest BCUT2D eigenvalue weighted by Gasteiger charge is 2.19. The van der Waals surface area contributed by atoms with Crippen molar-refractivity contribution in [2.24, 2.45) is 0 Å². The Bertz CT molecular complexity index is 1160. The third-order valence-electron chi connectivity index (χ3n) is 5.10. The number of halogens is 2. The zero-order valence-corrected chi connectivity index (χ0v) is 22.0. The number of carbonyl (C=O) groups excluding carboxylic acids is 2. The first-order valence-corrected chi connectivity index (χ1v) is 13.1. The van der Waals surface area contributed by atoms with Gasteiger partial charge in [0.2, 0.25) is 5.91 Å². The number of ether oxygens (including phenoxy) is 1. The van der Waals surface area contributed by atoms with E-state index in [1.54, 1.807) is 18.2 Å². The third kappa shape index (κ3) is 8.20. The third-order valence-corrected chi connectivity index (χ3v) is 7.00. The zero-order valence-electron chi connectivity index (χ0n) is 19.6. The van der Waals surface area contributed by atoms with E-state index in [0.29, 0.717) is 29.3 Å². The van der Waals surface area contributed by atoms with Crippen LogP contribution in [0.5, 0.6) is 5.75 Å². The van der Waals surface area contributed by atoms with Gasteiger partial charge in [0.1, 0.15) is 5.75 Å². The number of nitrogens with one attached hydrogen (secondary N) is 2. The number of amides is 2. The lowest BCUT2D eigenvalue weighted by atomic mass is 10.2. The number of benzene rings is 3. The van der Waals surface area contributed by atoms with Crippen LogP contribution in [0.15, 0.2) is 71.6 Å². The fourth-order valence-corrected chi connectivity index (χ4v) is 4.70. The van der Waals surface area contributed by atoms with E-state index >= 15 is 0 Å². The van der Waals surface area contributed by atoms with Crippen LogP contribution in [0, 0.1) is 0 Å². The molecule has 0 saturated heterocycles. The molecule has 2 amide bonds. The summed E-state index contributed by atoms with van der Waals surface area (Å²) in [7, 11) is 0. The van der Waals surface area contributed by atoms with Crippen molar-refractivity contribution in [3.05, 3.63) is 82.3 Å². The van der Waals surface area contributed by atoms with Crippen molar-refractivity contribution in [2.45, 2.75) is 43.3 Å². The van der Waals surface area contributed by atoms with E-state index in [0.717, 1.165) is 29.2 Å². The molecule has 0 bridgehead atoms. The van der Waals surface area contributed by atoms with E-state index in [4.69, 9.17) is 27.9 Å². The Balaban J connectivity index is 1.60. The van der Waals surface area contributed by atoms with Gasteiger partial charge in [-0.2, -0.15) is 0 Å². The predicted octanol–water partition coefficient (Wildman–Crippen LogP) is 7.93. The number of unbranched alkanes of at least 4 members (excludes halogenated alkanes) is 1. The molecule has 8 heteroatoms. The normalized spacial score (nSPS) is 11.5. The molecule has 0 radical (unpaired) electrons. The molecule has 0 saturated carbocycles. The summed E-state index contributed by atoms with van der Waals surface area (Å²) < 4.78 is 5.67. The Kier molecular flexibility index (Phi) is 10.3. The van der Waals surface area contributed by atoms with E-state index < -0.39 is 0 Å². The van der Waals surface area contributed by atoms with E-state index in [2.05, 4.69) is 17.6 Å². The molecule has 5 nitrogen and oxygen atoms in total. The van der Waals surface area contributed by atoms with Gasteiger partial charge in [0.15, 0.2) is 0 Å². The molecular formula is C27H28Cl2N2O3S. The van der Waals surface area contributed by atoms with Crippen molar-refractivity contribution in [3.8, 4) is 5.75 Å². The Morgan fingerprint density at radius 1 is 0.943 bits per heavy atom. The molecule has 0 heterocycles. The highest BCUT2D eigenvalue weighted by Crippen LogP contribution is 2.29. The fourth-order valence-electron chi connectivity index (χ4n) is 3.20. The van der Waals surface area contributed by atoms with Gasteiger partial charge >= 0.3 is 0 Å². The van der Waals surface area contributed by atoms with Crippen LogP contribution in [0.3, 0.4) is 0 Å². The lowest BCUT2D eigenvalue weighted by Gasteiger charge is -2.16. The molecule has 0 fully saturated rings. The molecule has 3 aromatic rings. The Morgan fingerprint density at radius 3 is 2.40 bits per heavy atom. The molecule has 0 aliphatic carbocycles. The van der Waals surface area contributed by atoms with Gasteiger partial charge in [0.05, 0.1) is 22.4 Å². The molecule has 184 valence electrons. The highest BCUT2D eigenvalue weighted by molar-refractivity contribution is 8.00. The van der Waals surface area contributed by atoms with E-state index in [-0.39, 0.29) is 22.1 Å². The van der Waals surface area contributed by atoms with Crippen LogP contribution < -0.4 is 15.4 Å². The number of rotatable bonds is 11. The van der Waals surface area contributed by atoms with Crippen LogP contribution in [0.4, 0.5) is 11.4 Å². The van der Waals surface area contributed by atoms with Crippen molar-refractivity contribution in [3.63, 3.8) is 0 Å². The maximum Gasteiger partial charge on any atom is 0.257 e. The molecule has 0 aliphatic heterocycles. The second-order valence-electron chi connectivity index (χ2n) is 7.84. The summed E-state index contributed by atoms with van der Waals surface area (Å²) in [5.41, 5.74) is 1.67. The van der Waals surface area contributed by atoms with Crippen LogP contribution in [0.25, 0.3) is 0 Å². The standard InChI is InChI=1S/C27H28Cl2N2O3S/c1-3-5-15-34-21-12-10-19(11-13-21)30-27(33)25(4-2)35-22-8-6-7-20(17-22)31-26(32)23-14-9-18(28)16-24(23)29/h6-14,16-17,25H,3-5,15H2,1-2H3,(H,30,33)(H,31,32). The molecule has 1 atom stereocenters. The molecule has 0 aliphatic rings. The quantitative estimate of drug-likeness (QED) is 0.195. The molecule has 0 spiro atoms. The van der Waals surface area contributed by atoms with E-state index in [9.17, 15) is 9.59 Å². The largest absolute Gasteiger partial charge is 0.494 e.